The van der Waals surface area contributed by atoms with Gasteiger partial charge in [0.1, 0.15) is 0 Å². The van der Waals surface area contributed by atoms with Crippen molar-refractivity contribution in [2.75, 3.05) is 7.11 Å². The number of ether oxygens (including phenoxy) is 1. The molecule has 272 valence electrons. The fourth-order valence-corrected chi connectivity index (χ4v) is 8.41. The van der Waals surface area contributed by atoms with Crippen molar-refractivity contribution in [3.05, 3.63) is 111 Å². The Balaban J connectivity index is 0.000000303. The third kappa shape index (κ3) is 9.82. The van der Waals surface area contributed by atoms with Crippen LogP contribution in [0.25, 0.3) is 28.3 Å². The zero-order valence-corrected chi connectivity index (χ0v) is 33.3. The van der Waals surface area contributed by atoms with Gasteiger partial charge in [0.05, 0.1) is 13.0 Å². The summed E-state index contributed by atoms with van der Waals surface area (Å²) in [6.07, 6.45) is 18.3. The first-order chi connectivity index (χ1) is 24.2. The Hall–Kier alpha value is -3.65. The number of carbonyl (C=O) groups excluding carboxylic acids is 1. The number of allylic oxidation sites excluding steroid dienone is 4. The maximum atomic E-state index is 10.8. The highest BCUT2D eigenvalue weighted by molar-refractivity contribution is 5.94. The number of esters is 1. The smallest absolute Gasteiger partial charge is 0.308 e. The van der Waals surface area contributed by atoms with Crippen LogP contribution in [0.15, 0.2) is 66.8 Å². The van der Waals surface area contributed by atoms with E-state index in [0.29, 0.717) is 11.3 Å². The number of fused-ring (bicyclic) bond motifs is 2. The van der Waals surface area contributed by atoms with Crippen molar-refractivity contribution in [1.29, 1.82) is 0 Å². The normalized spacial score (nSPS) is 18.4. The van der Waals surface area contributed by atoms with Crippen LogP contribution in [0.3, 0.4) is 0 Å². The third-order valence-electron chi connectivity index (χ3n) is 10.9. The van der Waals surface area contributed by atoms with Gasteiger partial charge in [-0.05, 0) is 138 Å². The molecule has 0 aliphatic heterocycles. The summed E-state index contributed by atoms with van der Waals surface area (Å²) in [6, 6.07) is 18.9. The summed E-state index contributed by atoms with van der Waals surface area (Å²) < 4.78 is 4.60. The van der Waals surface area contributed by atoms with Crippen molar-refractivity contribution in [3.63, 3.8) is 0 Å². The Kier molecular flexibility index (Phi) is 12.7. The summed E-state index contributed by atoms with van der Waals surface area (Å²) in [5.74, 6) is 1.49. The number of aryl methyl sites for hydroxylation is 2. The molecular formula is C49H64O2. The van der Waals surface area contributed by atoms with Gasteiger partial charge in [-0.3, -0.25) is 4.79 Å². The number of hydrogen-bond donors (Lipinski definition) is 0. The molecule has 7 rings (SSSR count). The molecule has 2 fully saturated rings. The van der Waals surface area contributed by atoms with Crippen molar-refractivity contribution in [2.24, 2.45) is 17.3 Å². The van der Waals surface area contributed by atoms with E-state index in [-0.39, 0.29) is 11.9 Å². The Morgan fingerprint density at radius 3 is 2.08 bits per heavy atom. The third-order valence-corrected chi connectivity index (χ3v) is 10.9. The highest BCUT2D eigenvalue weighted by Crippen LogP contribution is 2.47. The van der Waals surface area contributed by atoms with Crippen LogP contribution < -0.4 is 0 Å². The van der Waals surface area contributed by atoms with Crippen LogP contribution in [0, 0.1) is 31.1 Å². The zero-order valence-electron chi connectivity index (χ0n) is 33.3. The van der Waals surface area contributed by atoms with E-state index in [4.69, 9.17) is 0 Å². The lowest BCUT2D eigenvalue weighted by atomic mass is 9.81. The fourth-order valence-electron chi connectivity index (χ4n) is 8.41. The second kappa shape index (κ2) is 16.8. The molecule has 0 spiro atoms. The van der Waals surface area contributed by atoms with Crippen LogP contribution >= 0.6 is 0 Å². The van der Waals surface area contributed by atoms with Gasteiger partial charge in [-0.2, -0.15) is 0 Å². The molecule has 1 atom stereocenters. The van der Waals surface area contributed by atoms with Gasteiger partial charge in [0.2, 0.25) is 0 Å². The molecule has 4 aliphatic rings. The lowest BCUT2D eigenvalue weighted by Crippen LogP contribution is -2.11. The van der Waals surface area contributed by atoms with Crippen LogP contribution in [0.5, 0.6) is 0 Å². The molecule has 0 amide bonds. The van der Waals surface area contributed by atoms with Crippen LogP contribution in [-0.4, -0.2) is 13.1 Å². The van der Waals surface area contributed by atoms with Crippen LogP contribution in [0.4, 0.5) is 0 Å². The molecule has 0 radical (unpaired) electrons. The number of carbonyl (C=O) groups is 1. The zero-order chi connectivity index (χ0) is 36.9. The number of rotatable bonds is 6. The van der Waals surface area contributed by atoms with E-state index >= 15 is 0 Å². The molecule has 2 saturated carbocycles. The maximum Gasteiger partial charge on any atom is 0.308 e. The minimum atomic E-state index is -0.0208. The lowest BCUT2D eigenvalue weighted by molar-refractivity contribution is -0.145. The molecule has 3 aromatic carbocycles. The van der Waals surface area contributed by atoms with Gasteiger partial charge < -0.3 is 4.74 Å². The van der Waals surface area contributed by atoms with Crippen LogP contribution in [0.1, 0.15) is 150 Å². The highest BCUT2D eigenvalue weighted by atomic mass is 16.5. The lowest BCUT2D eigenvalue weighted by Gasteiger charge is -2.24. The van der Waals surface area contributed by atoms with Gasteiger partial charge in [-0.15, -0.1) is 0 Å². The van der Waals surface area contributed by atoms with Crippen molar-refractivity contribution < 1.29 is 9.53 Å². The van der Waals surface area contributed by atoms with Gasteiger partial charge in [0.25, 0.3) is 0 Å². The van der Waals surface area contributed by atoms with Crippen LogP contribution in [0.2, 0.25) is 0 Å². The van der Waals surface area contributed by atoms with E-state index in [1.54, 1.807) is 5.57 Å². The molecule has 0 N–H and O–H groups in total. The Morgan fingerprint density at radius 2 is 1.47 bits per heavy atom. The summed E-state index contributed by atoms with van der Waals surface area (Å²) in [5.41, 5.74) is 19.1. The predicted molar refractivity (Wildman–Crippen MR) is 220 cm³/mol. The van der Waals surface area contributed by atoms with Gasteiger partial charge in [0, 0.05) is 5.92 Å². The SMILES string of the molecule is C=C(C)Cc1c(C)cc2c(c1-c1ccc(C)cc1)CC(c1ccc3c(c1)C(C1CCCCC1)=CC3C)=C2.CC(C)(C)C.COC(=O)C1CCCC1. The molecule has 0 saturated heterocycles. The number of methoxy groups -OCH3 is 1. The first kappa shape index (κ1) is 38.6. The van der Waals surface area contributed by atoms with Crippen molar-refractivity contribution in [3.8, 4) is 11.1 Å². The molecule has 2 nitrogen and oxygen atoms in total. The maximum absolute atomic E-state index is 10.8. The molecule has 2 heteroatoms. The van der Waals surface area contributed by atoms with E-state index in [9.17, 15) is 4.79 Å². The Morgan fingerprint density at radius 1 is 0.863 bits per heavy atom. The molecule has 0 aromatic heterocycles. The number of benzene rings is 3. The van der Waals surface area contributed by atoms with Gasteiger partial charge in [-0.1, -0.05) is 139 Å². The summed E-state index contributed by atoms with van der Waals surface area (Å²) in [6.45, 7) is 22.0. The summed E-state index contributed by atoms with van der Waals surface area (Å²) in [4.78, 5) is 10.8. The Bertz CT molecular complexity index is 1760. The summed E-state index contributed by atoms with van der Waals surface area (Å²) in [5, 5.41) is 0. The van der Waals surface area contributed by atoms with E-state index in [2.05, 4.69) is 127 Å². The summed E-state index contributed by atoms with van der Waals surface area (Å²) >= 11 is 0. The van der Waals surface area contributed by atoms with Gasteiger partial charge in [-0.25, -0.2) is 0 Å². The minimum Gasteiger partial charge on any atom is -0.469 e. The fraction of sp³-hybridized carbons (Fsp3) is 0.490. The molecular weight excluding hydrogens is 621 g/mol. The minimum absolute atomic E-state index is 0.0208. The standard InChI is InChI=1S/C37H40.C7H12O2.C5H12/c1-23(2)17-33-25(4)18-31-20-30(22-35(31)37(33)28-13-11-24(3)12-14-28)29-15-16-32-26(5)19-34(36(32)21-29)27-9-7-6-8-10-27;1-9-7(8)6-4-2-3-5-6;1-5(2,3)4/h11-16,18-21,26-27H,1,6-10,17,22H2,2-5H3;6H,2-5H2,1H3;1-4H3. The second-order valence-corrected chi connectivity index (χ2v) is 17.5. The summed E-state index contributed by atoms with van der Waals surface area (Å²) in [7, 11) is 1.46. The van der Waals surface area contributed by atoms with Crippen molar-refractivity contribution >= 4 is 23.2 Å². The topological polar surface area (TPSA) is 26.3 Å². The predicted octanol–water partition coefficient (Wildman–Crippen LogP) is 13.7. The quantitative estimate of drug-likeness (QED) is 0.191. The van der Waals surface area contributed by atoms with E-state index in [1.165, 1.54) is 119 Å². The second-order valence-electron chi connectivity index (χ2n) is 17.5. The Labute approximate surface area is 310 Å². The first-order valence-electron chi connectivity index (χ1n) is 19.7. The van der Waals surface area contributed by atoms with E-state index < -0.39 is 0 Å². The molecule has 1 unspecified atom stereocenters. The van der Waals surface area contributed by atoms with E-state index in [1.807, 2.05) is 0 Å². The number of hydrogen-bond acceptors (Lipinski definition) is 2. The monoisotopic (exact) mass is 684 g/mol. The van der Waals surface area contributed by atoms with E-state index in [0.717, 1.165) is 31.6 Å². The molecule has 0 bridgehead atoms. The van der Waals surface area contributed by atoms with Crippen molar-refractivity contribution in [1.82, 2.24) is 0 Å². The average Bonchev–Trinajstić information content (AvgIpc) is 3.85. The van der Waals surface area contributed by atoms with Crippen LogP contribution in [-0.2, 0) is 22.4 Å². The molecule has 51 heavy (non-hydrogen) atoms. The van der Waals surface area contributed by atoms with Crippen molar-refractivity contribution in [2.45, 2.75) is 132 Å². The largest absolute Gasteiger partial charge is 0.469 e. The molecule has 4 aliphatic carbocycles. The van der Waals surface area contributed by atoms with Gasteiger partial charge in [0.15, 0.2) is 0 Å². The average molecular weight is 685 g/mol. The highest BCUT2D eigenvalue weighted by Gasteiger charge is 2.29. The van der Waals surface area contributed by atoms with Gasteiger partial charge >= 0.3 is 5.97 Å². The molecule has 3 aromatic rings. The molecule has 0 heterocycles. The first-order valence-corrected chi connectivity index (χ1v) is 19.7.